The third-order valence-electron chi connectivity index (χ3n) is 1.40. The lowest BCUT2D eigenvalue weighted by molar-refractivity contribution is 1.05. The van der Waals surface area contributed by atoms with Crippen LogP contribution in [0.3, 0.4) is 0 Å². The van der Waals surface area contributed by atoms with Crippen LogP contribution in [-0.4, -0.2) is 19.9 Å². The van der Waals surface area contributed by atoms with Gasteiger partial charge in [-0.25, -0.2) is 19.9 Å². The van der Waals surface area contributed by atoms with Crippen molar-refractivity contribution in [2.75, 3.05) is 5.32 Å². The summed E-state index contributed by atoms with van der Waals surface area (Å²) >= 11 is 0. The molecule has 2 heterocycles. The van der Waals surface area contributed by atoms with Crippen molar-refractivity contribution in [3.8, 4) is 0 Å². The van der Waals surface area contributed by atoms with Crippen LogP contribution in [0, 0.1) is 0 Å². The van der Waals surface area contributed by atoms with E-state index in [1.807, 2.05) is 18.2 Å². The zero-order valence-electron chi connectivity index (χ0n) is 6.75. The predicted octanol–water partition coefficient (Wildman–Crippen LogP) is 1.01. The maximum atomic E-state index is 4.06. The number of aromatic nitrogens is 4. The zero-order chi connectivity index (χ0) is 8.93. The molecule has 5 heteroatoms. The van der Waals surface area contributed by atoms with Gasteiger partial charge in [-0.1, -0.05) is 6.07 Å². The number of anilines is 2. The van der Waals surface area contributed by atoms with E-state index in [-0.39, 0.29) is 0 Å². The average Bonchev–Trinajstić information content (AvgIpc) is 2.21. The van der Waals surface area contributed by atoms with Crippen molar-refractivity contribution in [3.63, 3.8) is 0 Å². The molecular weight excluding hydrogens is 166 g/mol. The Morgan fingerprint density at radius 1 is 1.00 bits per heavy atom. The SMILES string of the molecule is c1ccc(Nc2ncncn2)nc1. The van der Waals surface area contributed by atoms with Crippen LogP contribution < -0.4 is 5.32 Å². The Morgan fingerprint density at radius 2 is 1.85 bits per heavy atom. The van der Waals surface area contributed by atoms with Crippen LogP contribution >= 0.6 is 0 Å². The van der Waals surface area contributed by atoms with E-state index in [4.69, 9.17) is 0 Å². The normalized spacial score (nSPS) is 9.54. The Balaban J connectivity index is 2.16. The van der Waals surface area contributed by atoms with Crippen molar-refractivity contribution < 1.29 is 0 Å². The van der Waals surface area contributed by atoms with Crippen molar-refractivity contribution in [1.29, 1.82) is 0 Å². The topological polar surface area (TPSA) is 63.6 Å². The quantitative estimate of drug-likeness (QED) is 0.734. The van der Waals surface area contributed by atoms with Gasteiger partial charge in [-0.05, 0) is 12.1 Å². The first kappa shape index (κ1) is 7.60. The third kappa shape index (κ3) is 1.96. The Hall–Kier alpha value is -2.04. The molecule has 0 bridgehead atoms. The highest BCUT2D eigenvalue weighted by Gasteiger charge is 1.94. The predicted molar refractivity (Wildman–Crippen MR) is 47.3 cm³/mol. The van der Waals surface area contributed by atoms with E-state index in [1.165, 1.54) is 12.7 Å². The van der Waals surface area contributed by atoms with Gasteiger partial charge in [-0.2, -0.15) is 0 Å². The number of pyridine rings is 1. The van der Waals surface area contributed by atoms with Crippen LogP contribution in [0.4, 0.5) is 11.8 Å². The van der Waals surface area contributed by atoms with Gasteiger partial charge in [0.15, 0.2) is 0 Å². The van der Waals surface area contributed by atoms with E-state index >= 15 is 0 Å². The molecule has 2 rings (SSSR count). The first-order valence-corrected chi connectivity index (χ1v) is 3.75. The standard InChI is InChI=1S/C8H7N5/c1-2-4-10-7(3-1)13-8-11-5-9-6-12-8/h1-6H,(H,9,10,11,12,13). The zero-order valence-corrected chi connectivity index (χ0v) is 6.75. The number of nitrogens with one attached hydrogen (secondary N) is 1. The molecule has 0 unspecified atom stereocenters. The molecule has 13 heavy (non-hydrogen) atoms. The summed E-state index contributed by atoms with van der Waals surface area (Å²) in [5.74, 6) is 1.21. The van der Waals surface area contributed by atoms with Crippen LogP contribution in [0.5, 0.6) is 0 Å². The summed E-state index contributed by atoms with van der Waals surface area (Å²) in [6.45, 7) is 0. The minimum Gasteiger partial charge on any atom is -0.309 e. The van der Waals surface area contributed by atoms with Crippen molar-refractivity contribution >= 4 is 11.8 Å². The largest absolute Gasteiger partial charge is 0.309 e. The molecule has 0 amide bonds. The smallest absolute Gasteiger partial charge is 0.231 e. The van der Waals surface area contributed by atoms with Crippen molar-refractivity contribution in [2.45, 2.75) is 0 Å². The van der Waals surface area contributed by atoms with Gasteiger partial charge in [-0.3, -0.25) is 0 Å². The summed E-state index contributed by atoms with van der Waals surface area (Å²) < 4.78 is 0. The van der Waals surface area contributed by atoms with E-state index in [9.17, 15) is 0 Å². The molecule has 0 radical (unpaired) electrons. The number of hydrogen-bond donors (Lipinski definition) is 1. The monoisotopic (exact) mass is 173 g/mol. The maximum Gasteiger partial charge on any atom is 0.231 e. The maximum absolute atomic E-state index is 4.06. The van der Waals surface area contributed by atoms with Crippen molar-refractivity contribution in [3.05, 3.63) is 37.1 Å². The highest BCUT2D eigenvalue weighted by Crippen LogP contribution is 2.05. The Labute approximate surface area is 74.9 Å². The fourth-order valence-corrected chi connectivity index (χ4v) is 0.855. The fraction of sp³-hybridized carbons (Fsp3) is 0. The highest BCUT2D eigenvalue weighted by molar-refractivity contribution is 5.45. The second kappa shape index (κ2) is 3.57. The summed E-state index contributed by atoms with van der Waals surface area (Å²) in [6.07, 6.45) is 4.56. The molecule has 0 fully saturated rings. The van der Waals surface area contributed by atoms with E-state index < -0.39 is 0 Å². The summed E-state index contributed by atoms with van der Waals surface area (Å²) in [7, 11) is 0. The first-order valence-electron chi connectivity index (χ1n) is 3.75. The molecular formula is C8H7N5. The van der Waals surface area contributed by atoms with Gasteiger partial charge in [0.2, 0.25) is 5.95 Å². The van der Waals surface area contributed by atoms with Gasteiger partial charge < -0.3 is 5.32 Å². The van der Waals surface area contributed by atoms with Crippen molar-refractivity contribution in [2.24, 2.45) is 0 Å². The molecule has 0 aliphatic heterocycles. The van der Waals surface area contributed by atoms with Crippen LogP contribution in [-0.2, 0) is 0 Å². The average molecular weight is 173 g/mol. The molecule has 0 saturated carbocycles. The van der Waals surface area contributed by atoms with E-state index in [0.29, 0.717) is 11.8 Å². The Morgan fingerprint density at radius 3 is 2.54 bits per heavy atom. The molecule has 0 aliphatic carbocycles. The van der Waals surface area contributed by atoms with Gasteiger partial charge in [0.25, 0.3) is 0 Å². The second-order valence-corrected chi connectivity index (χ2v) is 2.30. The molecule has 2 aromatic rings. The number of nitrogens with zero attached hydrogens (tertiary/aromatic N) is 4. The molecule has 1 N–H and O–H groups in total. The van der Waals surface area contributed by atoms with E-state index in [0.717, 1.165) is 0 Å². The first-order chi connectivity index (χ1) is 6.45. The molecule has 0 saturated heterocycles. The minimum absolute atomic E-state index is 0.494. The minimum atomic E-state index is 0.494. The molecule has 0 spiro atoms. The summed E-state index contributed by atoms with van der Waals surface area (Å²) in [4.78, 5) is 15.6. The van der Waals surface area contributed by atoms with Crippen LogP contribution in [0.15, 0.2) is 37.1 Å². The molecule has 5 nitrogen and oxygen atoms in total. The Kier molecular flexibility index (Phi) is 2.09. The van der Waals surface area contributed by atoms with Crippen LogP contribution in [0.2, 0.25) is 0 Å². The van der Waals surface area contributed by atoms with Crippen LogP contribution in [0.25, 0.3) is 0 Å². The third-order valence-corrected chi connectivity index (χ3v) is 1.40. The summed E-state index contributed by atoms with van der Waals surface area (Å²) in [5, 5.41) is 2.93. The molecule has 64 valence electrons. The summed E-state index contributed by atoms with van der Waals surface area (Å²) in [6, 6.07) is 5.57. The van der Waals surface area contributed by atoms with Gasteiger partial charge in [0, 0.05) is 6.20 Å². The lowest BCUT2D eigenvalue weighted by Gasteiger charge is -2.00. The van der Waals surface area contributed by atoms with Crippen LogP contribution in [0.1, 0.15) is 0 Å². The number of rotatable bonds is 2. The summed E-state index contributed by atoms with van der Waals surface area (Å²) in [5.41, 5.74) is 0. The molecule has 2 aromatic heterocycles. The second-order valence-electron chi connectivity index (χ2n) is 2.30. The molecule has 0 aromatic carbocycles. The molecule has 0 aliphatic rings. The molecule has 0 atom stereocenters. The van der Waals surface area contributed by atoms with Crippen molar-refractivity contribution in [1.82, 2.24) is 19.9 Å². The van der Waals surface area contributed by atoms with E-state index in [1.54, 1.807) is 6.20 Å². The number of hydrogen-bond acceptors (Lipinski definition) is 5. The van der Waals surface area contributed by atoms with E-state index in [2.05, 4.69) is 25.3 Å². The Bertz CT molecular complexity index is 323. The fourth-order valence-electron chi connectivity index (χ4n) is 0.855. The lowest BCUT2D eigenvalue weighted by Crippen LogP contribution is -1.97. The lowest BCUT2D eigenvalue weighted by atomic mass is 10.5. The van der Waals surface area contributed by atoms with Gasteiger partial charge in [-0.15, -0.1) is 0 Å². The highest BCUT2D eigenvalue weighted by atomic mass is 15.2. The van der Waals surface area contributed by atoms with Gasteiger partial charge in [0.1, 0.15) is 18.5 Å². The van der Waals surface area contributed by atoms with Gasteiger partial charge in [0.05, 0.1) is 0 Å². The van der Waals surface area contributed by atoms with Gasteiger partial charge >= 0.3 is 0 Å².